The smallest absolute Gasteiger partial charge is 0.185 e. The molecule has 0 aliphatic heterocycles. The maximum absolute atomic E-state index is 12.1. The molecule has 0 fully saturated rings. The molecule has 0 unspecified atom stereocenters. The van der Waals surface area contributed by atoms with E-state index in [4.69, 9.17) is 5.26 Å². The standard InChI is InChI=1S/C8H4F3NS/c9-8(10,11)6-2-1-3-7(4-6)13-5-12/h1-4H. The summed E-state index contributed by atoms with van der Waals surface area (Å²) in [5.74, 6) is 0. The zero-order chi connectivity index (χ0) is 9.90. The summed E-state index contributed by atoms with van der Waals surface area (Å²) < 4.78 is 36.3. The van der Waals surface area contributed by atoms with Gasteiger partial charge in [0.05, 0.1) is 5.56 Å². The van der Waals surface area contributed by atoms with Gasteiger partial charge in [0.2, 0.25) is 0 Å². The number of halogens is 3. The van der Waals surface area contributed by atoms with Gasteiger partial charge in [0.25, 0.3) is 0 Å². The van der Waals surface area contributed by atoms with Crippen LogP contribution in [0.3, 0.4) is 0 Å². The summed E-state index contributed by atoms with van der Waals surface area (Å²) in [6, 6.07) is 4.67. The van der Waals surface area contributed by atoms with Gasteiger partial charge in [0.15, 0.2) is 0 Å². The second-order valence-electron chi connectivity index (χ2n) is 2.22. The predicted molar refractivity (Wildman–Crippen MR) is 42.9 cm³/mol. The Kier molecular flexibility index (Phi) is 2.83. The van der Waals surface area contributed by atoms with Crippen molar-refractivity contribution in [2.45, 2.75) is 11.1 Å². The van der Waals surface area contributed by atoms with Crippen LogP contribution in [0.2, 0.25) is 0 Å². The molecule has 0 saturated carbocycles. The lowest BCUT2D eigenvalue weighted by Crippen LogP contribution is -2.04. The van der Waals surface area contributed by atoms with E-state index in [2.05, 4.69) is 0 Å². The number of hydrogen-bond acceptors (Lipinski definition) is 2. The second-order valence-corrected chi connectivity index (χ2v) is 3.08. The lowest BCUT2D eigenvalue weighted by molar-refractivity contribution is -0.137. The molecule has 68 valence electrons. The minimum atomic E-state index is -4.34. The van der Waals surface area contributed by atoms with Crippen molar-refractivity contribution in [2.24, 2.45) is 0 Å². The Morgan fingerprint density at radius 2 is 2.00 bits per heavy atom. The van der Waals surface area contributed by atoms with Crippen LogP contribution < -0.4 is 0 Å². The van der Waals surface area contributed by atoms with Gasteiger partial charge in [-0.25, -0.2) is 0 Å². The van der Waals surface area contributed by atoms with Gasteiger partial charge < -0.3 is 0 Å². The SMILES string of the molecule is N#CSc1cccc(C(F)(F)F)c1. The average molecular weight is 203 g/mol. The van der Waals surface area contributed by atoms with Gasteiger partial charge in [-0.3, -0.25) is 0 Å². The Bertz CT molecular complexity index is 340. The first-order chi connectivity index (χ1) is 6.04. The number of nitriles is 1. The highest BCUT2D eigenvalue weighted by Gasteiger charge is 2.30. The van der Waals surface area contributed by atoms with Gasteiger partial charge >= 0.3 is 6.18 Å². The molecule has 0 bridgehead atoms. The quantitative estimate of drug-likeness (QED) is 0.516. The molecule has 1 nitrogen and oxygen atoms in total. The van der Waals surface area contributed by atoms with Gasteiger partial charge in [-0.2, -0.15) is 18.4 Å². The molecule has 0 atom stereocenters. The van der Waals surface area contributed by atoms with E-state index in [1.165, 1.54) is 12.1 Å². The molecule has 1 rings (SSSR count). The number of thioether (sulfide) groups is 1. The monoisotopic (exact) mass is 203 g/mol. The Morgan fingerprint density at radius 3 is 2.54 bits per heavy atom. The third-order valence-electron chi connectivity index (χ3n) is 1.32. The molecule has 1 aromatic rings. The maximum Gasteiger partial charge on any atom is 0.416 e. The van der Waals surface area contributed by atoms with Crippen LogP contribution in [-0.2, 0) is 6.18 Å². The van der Waals surface area contributed by atoms with Gasteiger partial charge in [-0.15, -0.1) is 0 Å². The topological polar surface area (TPSA) is 23.8 Å². The number of benzene rings is 1. The minimum Gasteiger partial charge on any atom is -0.185 e. The average Bonchev–Trinajstić information content (AvgIpc) is 2.04. The van der Waals surface area contributed by atoms with Crippen molar-refractivity contribution in [1.82, 2.24) is 0 Å². The molecular formula is C8H4F3NS. The fourth-order valence-electron chi connectivity index (χ4n) is 0.789. The van der Waals surface area contributed by atoms with Crippen molar-refractivity contribution < 1.29 is 13.2 Å². The highest BCUT2D eigenvalue weighted by molar-refractivity contribution is 8.03. The molecule has 0 N–H and O–H groups in total. The molecule has 0 aliphatic carbocycles. The van der Waals surface area contributed by atoms with E-state index in [0.717, 1.165) is 12.1 Å². The number of hydrogen-bond donors (Lipinski definition) is 0. The van der Waals surface area contributed by atoms with E-state index < -0.39 is 11.7 Å². The summed E-state index contributed by atoms with van der Waals surface area (Å²) in [4.78, 5) is 0.303. The third kappa shape index (κ3) is 2.67. The summed E-state index contributed by atoms with van der Waals surface area (Å²) in [5, 5.41) is 9.96. The number of nitrogens with zero attached hydrogens (tertiary/aromatic N) is 1. The zero-order valence-electron chi connectivity index (χ0n) is 6.30. The van der Waals surface area contributed by atoms with E-state index in [9.17, 15) is 13.2 Å². The summed E-state index contributed by atoms with van der Waals surface area (Å²) in [7, 11) is 0. The summed E-state index contributed by atoms with van der Waals surface area (Å²) in [5.41, 5.74) is -0.729. The molecule has 0 aromatic heterocycles. The van der Waals surface area contributed by atoms with E-state index in [-0.39, 0.29) is 0 Å². The first-order valence-electron chi connectivity index (χ1n) is 3.27. The number of rotatable bonds is 1. The normalized spacial score (nSPS) is 10.9. The zero-order valence-corrected chi connectivity index (χ0v) is 7.12. The Balaban J connectivity index is 3.00. The first-order valence-corrected chi connectivity index (χ1v) is 4.09. The van der Waals surface area contributed by atoms with Crippen LogP contribution in [0, 0.1) is 10.7 Å². The minimum absolute atomic E-state index is 0.303. The molecular weight excluding hydrogens is 199 g/mol. The van der Waals surface area contributed by atoms with Crippen LogP contribution in [0.15, 0.2) is 29.2 Å². The predicted octanol–water partition coefficient (Wildman–Crippen LogP) is 3.28. The highest BCUT2D eigenvalue weighted by Crippen LogP contribution is 2.31. The molecule has 0 spiro atoms. The van der Waals surface area contributed by atoms with Crippen LogP contribution in [0.4, 0.5) is 13.2 Å². The molecule has 0 amide bonds. The van der Waals surface area contributed by atoms with E-state index in [1.54, 1.807) is 5.40 Å². The van der Waals surface area contributed by atoms with Gasteiger partial charge in [-0.05, 0) is 30.0 Å². The van der Waals surface area contributed by atoms with Gasteiger partial charge in [-0.1, -0.05) is 6.07 Å². The molecule has 1 aromatic carbocycles. The molecule has 5 heteroatoms. The van der Waals surface area contributed by atoms with Crippen molar-refractivity contribution in [3.63, 3.8) is 0 Å². The van der Waals surface area contributed by atoms with Crippen LogP contribution in [-0.4, -0.2) is 0 Å². The summed E-state index contributed by atoms with van der Waals surface area (Å²) in [6.45, 7) is 0. The van der Waals surface area contributed by atoms with E-state index >= 15 is 0 Å². The maximum atomic E-state index is 12.1. The largest absolute Gasteiger partial charge is 0.416 e. The fraction of sp³-hybridized carbons (Fsp3) is 0.125. The van der Waals surface area contributed by atoms with Crippen molar-refractivity contribution in [3.05, 3.63) is 29.8 Å². The number of alkyl halides is 3. The van der Waals surface area contributed by atoms with Crippen LogP contribution >= 0.6 is 11.8 Å². The first kappa shape index (κ1) is 9.93. The summed E-state index contributed by atoms with van der Waals surface area (Å²) in [6.07, 6.45) is -4.34. The molecule has 0 aliphatic rings. The van der Waals surface area contributed by atoms with Gasteiger partial charge in [0.1, 0.15) is 5.40 Å². The lowest BCUT2D eigenvalue weighted by atomic mass is 10.2. The Morgan fingerprint density at radius 1 is 1.31 bits per heavy atom. The van der Waals surface area contributed by atoms with Crippen molar-refractivity contribution in [1.29, 1.82) is 5.26 Å². The van der Waals surface area contributed by atoms with Crippen LogP contribution in [0.5, 0.6) is 0 Å². The van der Waals surface area contributed by atoms with Crippen molar-refractivity contribution >= 4 is 11.8 Å². The number of thiocyanates is 1. The molecule has 13 heavy (non-hydrogen) atoms. The molecule has 0 radical (unpaired) electrons. The van der Waals surface area contributed by atoms with Crippen molar-refractivity contribution in [3.8, 4) is 5.40 Å². The Labute approximate surface area is 77.2 Å². The van der Waals surface area contributed by atoms with Crippen molar-refractivity contribution in [2.75, 3.05) is 0 Å². The Hall–Kier alpha value is -1.15. The van der Waals surface area contributed by atoms with Gasteiger partial charge in [0, 0.05) is 4.90 Å². The highest BCUT2D eigenvalue weighted by atomic mass is 32.2. The van der Waals surface area contributed by atoms with Crippen LogP contribution in [0.25, 0.3) is 0 Å². The second kappa shape index (κ2) is 3.71. The lowest BCUT2D eigenvalue weighted by Gasteiger charge is -2.06. The molecule has 0 heterocycles. The third-order valence-corrected chi connectivity index (χ3v) is 1.91. The van der Waals surface area contributed by atoms with E-state index in [1.807, 2.05) is 0 Å². The molecule has 0 saturated heterocycles. The van der Waals surface area contributed by atoms with Crippen LogP contribution in [0.1, 0.15) is 5.56 Å². The fourth-order valence-corrected chi connectivity index (χ4v) is 1.23. The van der Waals surface area contributed by atoms with E-state index in [0.29, 0.717) is 16.7 Å². The summed E-state index contributed by atoms with van der Waals surface area (Å²) >= 11 is 0.711.